The van der Waals surface area contributed by atoms with Gasteiger partial charge in [0.1, 0.15) is 0 Å². The van der Waals surface area contributed by atoms with Gasteiger partial charge in [-0.25, -0.2) is 4.98 Å². The fourth-order valence-corrected chi connectivity index (χ4v) is 3.76. The lowest BCUT2D eigenvalue weighted by molar-refractivity contribution is 0.171. The number of aliphatic hydroxyl groups excluding tert-OH is 1. The standard InChI is InChI=1S/C22H24N4O2.ClH/c1-22(2)14-25(13-19(27)17-6-4-3-5-7-17)21-24-18(12-20(28)26(21)15-22)16-8-10-23-11-9-16;/h3-12,19,27H,13-15H2,1-2H3;1H/t19-;/m0./s1. The summed E-state index contributed by atoms with van der Waals surface area (Å²) < 4.78 is 1.71. The molecule has 0 fully saturated rings. The predicted molar refractivity (Wildman–Crippen MR) is 116 cm³/mol. The number of aromatic nitrogens is 3. The second-order valence-electron chi connectivity index (χ2n) is 8.07. The molecule has 0 saturated carbocycles. The lowest BCUT2D eigenvalue weighted by Gasteiger charge is -2.41. The summed E-state index contributed by atoms with van der Waals surface area (Å²) >= 11 is 0. The highest BCUT2D eigenvalue weighted by Crippen LogP contribution is 2.31. The summed E-state index contributed by atoms with van der Waals surface area (Å²) in [6.45, 7) is 5.94. The molecule has 0 aliphatic carbocycles. The Balaban J connectivity index is 0.00000240. The number of fused-ring (bicyclic) bond motifs is 1. The van der Waals surface area contributed by atoms with Crippen molar-refractivity contribution >= 4 is 18.4 Å². The van der Waals surface area contributed by atoms with Crippen LogP contribution in [0.2, 0.25) is 0 Å². The molecular formula is C22H25ClN4O2. The maximum Gasteiger partial charge on any atom is 0.255 e. The molecule has 0 amide bonds. The first-order valence-electron chi connectivity index (χ1n) is 9.43. The van der Waals surface area contributed by atoms with Gasteiger partial charge in [0.25, 0.3) is 5.56 Å². The lowest BCUT2D eigenvalue weighted by Crippen LogP contribution is -2.48. The molecule has 1 aromatic carbocycles. The predicted octanol–water partition coefficient (Wildman–Crippen LogP) is 3.31. The molecular weight excluding hydrogens is 388 g/mol. The Hall–Kier alpha value is -2.70. The van der Waals surface area contributed by atoms with Gasteiger partial charge in [0.15, 0.2) is 0 Å². The average molecular weight is 413 g/mol. The lowest BCUT2D eigenvalue weighted by atomic mass is 9.90. The van der Waals surface area contributed by atoms with Crippen molar-refractivity contribution in [2.24, 2.45) is 5.41 Å². The van der Waals surface area contributed by atoms with Crippen molar-refractivity contribution in [2.75, 3.05) is 18.0 Å². The Morgan fingerprint density at radius 1 is 1.10 bits per heavy atom. The number of rotatable bonds is 4. The van der Waals surface area contributed by atoms with Gasteiger partial charge >= 0.3 is 0 Å². The Kier molecular flexibility index (Phi) is 6.05. The van der Waals surface area contributed by atoms with Gasteiger partial charge in [-0.15, -0.1) is 12.4 Å². The minimum atomic E-state index is -0.662. The Bertz CT molecular complexity index is 1020. The van der Waals surface area contributed by atoms with E-state index in [0.717, 1.165) is 11.1 Å². The van der Waals surface area contributed by atoms with Crippen LogP contribution in [0.5, 0.6) is 0 Å². The van der Waals surface area contributed by atoms with Gasteiger partial charge < -0.3 is 10.0 Å². The van der Waals surface area contributed by atoms with Gasteiger partial charge in [0, 0.05) is 42.5 Å². The zero-order valence-electron chi connectivity index (χ0n) is 16.5. The molecule has 0 saturated heterocycles. The third-order valence-electron chi connectivity index (χ3n) is 5.03. The summed E-state index contributed by atoms with van der Waals surface area (Å²) in [5.74, 6) is 0.605. The molecule has 1 atom stereocenters. The van der Waals surface area contributed by atoms with Crippen LogP contribution in [0.25, 0.3) is 11.3 Å². The number of hydrogen-bond donors (Lipinski definition) is 1. The molecule has 0 unspecified atom stereocenters. The van der Waals surface area contributed by atoms with E-state index < -0.39 is 6.10 Å². The minimum absolute atomic E-state index is 0. The van der Waals surface area contributed by atoms with Crippen LogP contribution in [0.1, 0.15) is 25.5 Å². The van der Waals surface area contributed by atoms with Crippen LogP contribution < -0.4 is 10.5 Å². The third kappa shape index (κ3) is 4.49. The zero-order chi connectivity index (χ0) is 19.7. The Morgan fingerprint density at radius 3 is 2.48 bits per heavy atom. The summed E-state index contributed by atoms with van der Waals surface area (Å²) in [5.41, 5.74) is 2.14. The highest BCUT2D eigenvalue weighted by molar-refractivity contribution is 5.85. The van der Waals surface area contributed by atoms with Crippen LogP contribution in [0, 0.1) is 5.41 Å². The zero-order valence-corrected chi connectivity index (χ0v) is 17.3. The van der Waals surface area contributed by atoms with E-state index in [-0.39, 0.29) is 23.4 Å². The van der Waals surface area contributed by atoms with E-state index in [9.17, 15) is 9.90 Å². The fraction of sp³-hybridized carbons (Fsp3) is 0.318. The average Bonchev–Trinajstić information content (AvgIpc) is 2.69. The molecule has 1 N–H and O–H groups in total. The van der Waals surface area contributed by atoms with Crippen LogP contribution >= 0.6 is 12.4 Å². The number of nitrogens with zero attached hydrogens (tertiary/aromatic N) is 4. The van der Waals surface area contributed by atoms with E-state index in [1.807, 2.05) is 47.4 Å². The molecule has 3 heterocycles. The second kappa shape index (κ2) is 8.35. The maximum absolute atomic E-state index is 12.9. The van der Waals surface area contributed by atoms with E-state index >= 15 is 0 Å². The summed E-state index contributed by atoms with van der Waals surface area (Å²) in [7, 11) is 0. The Morgan fingerprint density at radius 2 is 1.79 bits per heavy atom. The van der Waals surface area contributed by atoms with Crippen molar-refractivity contribution in [3.63, 3.8) is 0 Å². The molecule has 2 aromatic heterocycles. The Labute approximate surface area is 176 Å². The van der Waals surface area contributed by atoms with Crippen LogP contribution in [0.3, 0.4) is 0 Å². The summed E-state index contributed by atoms with van der Waals surface area (Å²) in [4.78, 5) is 23.7. The summed E-state index contributed by atoms with van der Waals surface area (Å²) in [6.07, 6.45) is 2.72. The highest BCUT2D eigenvalue weighted by Gasteiger charge is 2.33. The third-order valence-corrected chi connectivity index (χ3v) is 5.03. The molecule has 4 rings (SSSR count). The van der Waals surface area contributed by atoms with Gasteiger partial charge in [-0.3, -0.25) is 14.3 Å². The van der Waals surface area contributed by atoms with Gasteiger partial charge in [0.2, 0.25) is 5.95 Å². The second-order valence-corrected chi connectivity index (χ2v) is 8.07. The smallest absolute Gasteiger partial charge is 0.255 e. The first-order valence-corrected chi connectivity index (χ1v) is 9.43. The molecule has 0 spiro atoms. The molecule has 0 bridgehead atoms. The molecule has 6 nitrogen and oxygen atoms in total. The van der Waals surface area contributed by atoms with Crippen molar-refractivity contribution in [3.05, 3.63) is 76.8 Å². The number of anilines is 1. The van der Waals surface area contributed by atoms with Gasteiger partial charge in [0.05, 0.1) is 18.3 Å². The highest BCUT2D eigenvalue weighted by atomic mass is 35.5. The van der Waals surface area contributed by atoms with Crippen molar-refractivity contribution < 1.29 is 5.11 Å². The van der Waals surface area contributed by atoms with Gasteiger partial charge in [-0.1, -0.05) is 44.2 Å². The molecule has 7 heteroatoms. The first kappa shape index (κ1) is 21.0. The number of halogens is 1. The fourth-order valence-electron chi connectivity index (χ4n) is 3.76. The molecule has 1 aliphatic heterocycles. The molecule has 1 aliphatic rings. The molecule has 0 radical (unpaired) electrons. The molecule has 3 aromatic rings. The SMILES string of the molecule is CC1(C)CN(C[C@H](O)c2ccccc2)c2nc(-c3ccncc3)cc(=O)n2C1.Cl. The summed E-state index contributed by atoms with van der Waals surface area (Å²) in [5, 5.41) is 10.8. The number of benzene rings is 1. The summed E-state index contributed by atoms with van der Waals surface area (Å²) in [6, 6.07) is 14.8. The van der Waals surface area contributed by atoms with Gasteiger partial charge in [-0.05, 0) is 17.7 Å². The van der Waals surface area contributed by atoms with Crippen LogP contribution in [0.15, 0.2) is 65.7 Å². The van der Waals surface area contributed by atoms with Crippen molar-refractivity contribution in [1.29, 1.82) is 0 Å². The van der Waals surface area contributed by atoms with E-state index in [1.54, 1.807) is 23.0 Å². The van der Waals surface area contributed by atoms with Crippen LogP contribution in [-0.2, 0) is 6.54 Å². The van der Waals surface area contributed by atoms with Crippen LogP contribution in [0.4, 0.5) is 5.95 Å². The van der Waals surface area contributed by atoms with E-state index in [2.05, 4.69) is 18.8 Å². The quantitative estimate of drug-likeness (QED) is 0.711. The molecule has 152 valence electrons. The van der Waals surface area contributed by atoms with E-state index in [1.165, 1.54) is 0 Å². The topological polar surface area (TPSA) is 71.2 Å². The van der Waals surface area contributed by atoms with E-state index in [4.69, 9.17) is 4.98 Å². The van der Waals surface area contributed by atoms with E-state index in [0.29, 0.717) is 31.3 Å². The van der Waals surface area contributed by atoms with Crippen LogP contribution in [-0.4, -0.2) is 32.7 Å². The first-order chi connectivity index (χ1) is 13.4. The number of pyridine rings is 1. The van der Waals surface area contributed by atoms with Crippen molar-refractivity contribution in [3.8, 4) is 11.3 Å². The number of hydrogen-bond acceptors (Lipinski definition) is 5. The maximum atomic E-state index is 12.9. The monoisotopic (exact) mass is 412 g/mol. The molecule has 29 heavy (non-hydrogen) atoms. The van der Waals surface area contributed by atoms with Crippen molar-refractivity contribution in [1.82, 2.24) is 14.5 Å². The normalized spacial score (nSPS) is 15.9. The minimum Gasteiger partial charge on any atom is -0.387 e. The van der Waals surface area contributed by atoms with Gasteiger partial charge in [-0.2, -0.15) is 0 Å². The number of β-amino-alcohol motifs (C(OH)–C–C–N with tert-alkyl or cyclic N) is 1. The largest absolute Gasteiger partial charge is 0.387 e. The van der Waals surface area contributed by atoms with Crippen molar-refractivity contribution in [2.45, 2.75) is 26.5 Å². The number of aliphatic hydroxyl groups is 1.